The first-order valence-electron chi connectivity index (χ1n) is 4.79. The number of guanidine groups is 1. The predicted octanol–water partition coefficient (Wildman–Crippen LogP) is 1.23. The van der Waals surface area contributed by atoms with Crippen LogP contribution in [-0.2, 0) is 0 Å². The summed E-state index contributed by atoms with van der Waals surface area (Å²) in [6.07, 6.45) is 6.64. The van der Waals surface area contributed by atoms with E-state index in [2.05, 4.69) is 11.9 Å². The molecule has 3 nitrogen and oxygen atoms in total. The third-order valence-corrected chi connectivity index (χ3v) is 2.68. The highest BCUT2D eigenvalue weighted by Crippen LogP contribution is 2.27. The Labute approximate surface area is 74.2 Å². The van der Waals surface area contributed by atoms with Crippen LogP contribution < -0.4 is 11.5 Å². The monoisotopic (exact) mass is 169 g/mol. The summed E-state index contributed by atoms with van der Waals surface area (Å²) in [7, 11) is 0. The Morgan fingerprint density at radius 3 is 2.33 bits per heavy atom. The molecule has 0 aromatic rings. The van der Waals surface area contributed by atoms with Crippen molar-refractivity contribution in [1.82, 2.24) is 0 Å². The Morgan fingerprint density at radius 2 is 1.83 bits per heavy atom. The van der Waals surface area contributed by atoms with Crippen molar-refractivity contribution >= 4 is 5.96 Å². The second-order valence-electron chi connectivity index (χ2n) is 3.69. The van der Waals surface area contributed by atoms with Crippen molar-refractivity contribution in [3.05, 3.63) is 0 Å². The van der Waals surface area contributed by atoms with Gasteiger partial charge in [0.15, 0.2) is 5.96 Å². The molecule has 12 heavy (non-hydrogen) atoms. The van der Waals surface area contributed by atoms with Gasteiger partial charge in [-0.3, -0.25) is 4.99 Å². The van der Waals surface area contributed by atoms with Crippen molar-refractivity contribution in [2.75, 3.05) is 0 Å². The fraction of sp³-hybridized carbons (Fsp3) is 0.889. The summed E-state index contributed by atoms with van der Waals surface area (Å²) in [5.74, 6) is 0.939. The first-order valence-corrected chi connectivity index (χ1v) is 4.79. The van der Waals surface area contributed by atoms with Gasteiger partial charge in [0.1, 0.15) is 0 Å². The van der Waals surface area contributed by atoms with E-state index >= 15 is 0 Å². The van der Waals surface area contributed by atoms with Gasteiger partial charge in [-0.25, -0.2) is 0 Å². The third-order valence-electron chi connectivity index (χ3n) is 2.68. The van der Waals surface area contributed by atoms with Crippen LogP contribution in [0.4, 0.5) is 0 Å². The number of hydrogen-bond donors (Lipinski definition) is 2. The van der Waals surface area contributed by atoms with E-state index in [0.717, 1.165) is 0 Å². The summed E-state index contributed by atoms with van der Waals surface area (Å²) in [6, 6.07) is 0.315. The molecule has 0 amide bonds. The van der Waals surface area contributed by atoms with Gasteiger partial charge in [-0.2, -0.15) is 0 Å². The van der Waals surface area contributed by atoms with Crippen molar-refractivity contribution in [2.45, 2.75) is 45.1 Å². The van der Waals surface area contributed by atoms with Crippen LogP contribution in [0.2, 0.25) is 0 Å². The summed E-state index contributed by atoms with van der Waals surface area (Å²) in [4.78, 5) is 4.17. The van der Waals surface area contributed by atoms with Gasteiger partial charge in [-0.05, 0) is 25.7 Å². The molecule has 0 aromatic heterocycles. The fourth-order valence-electron chi connectivity index (χ4n) is 1.96. The van der Waals surface area contributed by atoms with Gasteiger partial charge in [-0.1, -0.05) is 19.3 Å². The molecule has 0 radical (unpaired) electrons. The zero-order chi connectivity index (χ0) is 8.97. The normalized spacial score (nSPS) is 21.8. The molecular weight excluding hydrogens is 150 g/mol. The standard InChI is InChI=1S/C9H19N3/c1-7(12-9(10)11)8-5-3-2-4-6-8/h7-8H,2-6H2,1H3,(H4,10,11,12)/t7-/m1/s1. The van der Waals surface area contributed by atoms with Crippen LogP contribution in [0.5, 0.6) is 0 Å². The average molecular weight is 169 g/mol. The molecule has 0 saturated heterocycles. The SMILES string of the molecule is C[C@@H](N=C(N)N)C1CCCCC1. The highest BCUT2D eigenvalue weighted by Gasteiger charge is 2.19. The fourth-order valence-corrected chi connectivity index (χ4v) is 1.96. The van der Waals surface area contributed by atoms with Gasteiger partial charge in [0.25, 0.3) is 0 Å². The first kappa shape index (κ1) is 9.36. The second-order valence-corrected chi connectivity index (χ2v) is 3.69. The molecule has 0 bridgehead atoms. The maximum absolute atomic E-state index is 5.33. The number of nitrogens with zero attached hydrogens (tertiary/aromatic N) is 1. The van der Waals surface area contributed by atoms with Gasteiger partial charge >= 0.3 is 0 Å². The van der Waals surface area contributed by atoms with E-state index in [1.54, 1.807) is 0 Å². The minimum Gasteiger partial charge on any atom is -0.370 e. The molecule has 0 aromatic carbocycles. The smallest absolute Gasteiger partial charge is 0.186 e. The van der Waals surface area contributed by atoms with E-state index in [0.29, 0.717) is 12.0 Å². The zero-order valence-electron chi connectivity index (χ0n) is 7.79. The van der Waals surface area contributed by atoms with Gasteiger partial charge in [-0.15, -0.1) is 0 Å². The lowest BCUT2D eigenvalue weighted by molar-refractivity contribution is 0.317. The Kier molecular flexibility index (Phi) is 3.38. The largest absolute Gasteiger partial charge is 0.370 e. The molecule has 1 aliphatic carbocycles. The lowest BCUT2D eigenvalue weighted by Gasteiger charge is -2.24. The summed E-state index contributed by atoms with van der Waals surface area (Å²) in [5, 5.41) is 0. The molecule has 1 saturated carbocycles. The maximum Gasteiger partial charge on any atom is 0.186 e. The Morgan fingerprint density at radius 1 is 1.25 bits per heavy atom. The van der Waals surface area contributed by atoms with Crippen LogP contribution in [0.15, 0.2) is 4.99 Å². The van der Waals surface area contributed by atoms with Crippen molar-refractivity contribution in [1.29, 1.82) is 0 Å². The van der Waals surface area contributed by atoms with Gasteiger partial charge in [0, 0.05) is 0 Å². The molecule has 0 spiro atoms. The quantitative estimate of drug-likeness (QED) is 0.482. The first-order chi connectivity index (χ1) is 5.70. The average Bonchev–Trinajstić information content (AvgIpc) is 2.05. The van der Waals surface area contributed by atoms with E-state index in [1.807, 2.05) is 0 Å². The Balaban J connectivity index is 2.39. The molecular formula is C9H19N3. The summed E-state index contributed by atoms with van der Waals surface area (Å²) in [5.41, 5.74) is 10.7. The molecule has 1 atom stereocenters. The molecule has 0 aliphatic heterocycles. The van der Waals surface area contributed by atoms with Crippen molar-refractivity contribution in [2.24, 2.45) is 22.4 Å². The molecule has 70 valence electrons. The minimum atomic E-state index is 0.230. The highest BCUT2D eigenvalue weighted by molar-refractivity contribution is 5.75. The van der Waals surface area contributed by atoms with Gasteiger partial charge in [0.05, 0.1) is 6.04 Å². The third kappa shape index (κ3) is 2.72. The minimum absolute atomic E-state index is 0.230. The molecule has 3 heteroatoms. The van der Waals surface area contributed by atoms with Crippen LogP contribution in [0.3, 0.4) is 0 Å². The Bertz CT molecular complexity index is 155. The van der Waals surface area contributed by atoms with Crippen molar-refractivity contribution in [3.63, 3.8) is 0 Å². The summed E-state index contributed by atoms with van der Waals surface area (Å²) in [6.45, 7) is 2.11. The van der Waals surface area contributed by atoms with Crippen LogP contribution >= 0.6 is 0 Å². The van der Waals surface area contributed by atoms with Gasteiger partial charge in [0.2, 0.25) is 0 Å². The van der Waals surface area contributed by atoms with Crippen LogP contribution in [-0.4, -0.2) is 12.0 Å². The second kappa shape index (κ2) is 4.33. The zero-order valence-corrected chi connectivity index (χ0v) is 7.79. The molecule has 0 unspecified atom stereocenters. The molecule has 1 aliphatic rings. The lowest BCUT2D eigenvalue weighted by Crippen LogP contribution is -2.28. The molecule has 0 heterocycles. The van der Waals surface area contributed by atoms with Crippen molar-refractivity contribution < 1.29 is 0 Å². The van der Waals surface area contributed by atoms with E-state index in [4.69, 9.17) is 11.5 Å². The van der Waals surface area contributed by atoms with Crippen LogP contribution in [0.25, 0.3) is 0 Å². The molecule has 1 fully saturated rings. The number of aliphatic imine (C=N–C) groups is 1. The lowest BCUT2D eigenvalue weighted by atomic mass is 9.85. The topological polar surface area (TPSA) is 64.4 Å². The van der Waals surface area contributed by atoms with E-state index in [-0.39, 0.29) is 5.96 Å². The molecule has 1 rings (SSSR count). The van der Waals surface area contributed by atoms with E-state index in [9.17, 15) is 0 Å². The molecule has 4 N–H and O–H groups in total. The number of rotatable bonds is 2. The summed E-state index contributed by atoms with van der Waals surface area (Å²) >= 11 is 0. The van der Waals surface area contributed by atoms with Gasteiger partial charge < -0.3 is 11.5 Å². The number of nitrogens with two attached hydrogens (primary N) is 2. The Hall–Kier alpha value is -0.730. The van der Waals surface area contributed by atoms with Crippen LogP contribution in [0.1, 0.15) is 39.0 Å². The maximum atomic E-state index is 5.33. The van der Waals surface area contributed by atoms with Crippen molar-refractivity contribution in [3.8, 4) is 0 Å². The van der Waals surface area contributed by atoms with E-state index < -0.39 is 0 Å². The number of hydrogen-bond acceptors (Lipinski definition) is 1. The summed E-state index contributed by atoms with van der Waals surface area (Å²) < 4.78 is 0. The van der Waals surface area contributed by atoms with E-state index in [1.165, 1.54) is 32.1 Å². The highest BCUT2D eigenvalue weighted by atomic mass is 15.0. The van der Waals surface area contributed by atoms with Crippen LogP contribution in [0, 0.1) is 5.92 Å². The predicted molar refractivity (Wildman–Crippen MR) is 51.8 cm³/mol.